The Balaban J connectivity index is 3.07. The lowest BCUT2D eigenvalue weighted by Gasteiger charge is -2.23. The standard InChI is InChI=1S/C25H44N6O/c1-11-16-30(9)23-21(24(32)31(10)17-12-2)26-22(27-23)20(13-3)15-14-18(4)28-29-19(5)25(6,7)8/h13-15,22,26-27H,11-12,16-17H2,1-10H3/b15-14-,20-13+,28-18+,29-19+. The van der Waals surface area contributed by atoms with Gasteiger partial charge in [-0.3, -0.25) is 4.79 Å². The molecule has 0 fully saturated rings. The lowest BCUT2D eigenvalue weighted by molar-refractivity contribution is -0.126. The predicted octanol–water partition coefficient (Wildman–Crippen LogP) is 4.27. The zero-order valence-electron chi connectivity index (χ0n) is 21.8. The Bertz CT molecular complexity index is 798. The topological polar surface area (TPSA) is 72.3 Å². The first-order valence-electron chi connectivity index (χ1n) is 11.6. The summed E-state index contributed by atoms with van der Waals surface area (Å²) in [7, 11) is 3.86. The Morgan fingerprint density at radius 2 is 1.66 bits per heavy atom. The van der Waals surface area contributed by atoms with Crippen molar-refractivity contribution in [3.8, 4) is 0 Å². The van der Waals surface area contributed by atoms with E-state index >= 15 is 0 Å². The number of nitrogens with one attached hydrogen (secondary N) is 2. The van der Waals surface area contributed by atoms with Gasteiger partial charge >= 0.3 is 0 Å². The van der Waals surface area contributed by atoms with Gasteiger partial charge < -0.3 is 20.4 Å². The van der Waals surface area contributed by atoms with Gasteiger partial charge in [0.05, 0.1) is 5.71 Å². The van der Waals surface area contributed by atoms with Gasteiger partial charge in [-0.1, -0.05) is 46.8 Å². The van der Waals surface area contributed by atoms with E-state index in [9.17, 15) is 4.79 Å². The molecule has 2 N–H and O–H groups in total. The number of likely N-dealkylation sites (N-methyl/N-ethyl adjacent to an activating group) is 1. The molecule has 0 aromatic heterocycles. The Kier molecular flexibility index (Phi) is 10.7. The maximum Gasteiger partial charge on any atom is 0.273 e. The van der Waals surface area contributed by atoms with Crippen molar-refractivity contribution < 1.29 is 4.79 Å². The fourth-order valence-corrected chi connectivity index (χ4v) is 3.08. The quantitative estimate of drug-likeness (QED) is 0.300. The van der Waals surface area contributed by atoms with Gasteiger partial charge in [-0.2, -0.15) is 10.2 Å². The van der Waals surface area contributed by atoms with E-state index < -0.39 is 0 Å². The highest BCUT2D eigenvalue weighted by Gasteiger charge is 2.31. The molecule has 1 rings (SSSR count). The Hall–Kier alpha value is -2.57. The van der Waals surface area contributed by atoms with Crippen molar-refractivity contribution in [2.24, 2.45) is 15.6 Å². The predicted molar refractivity (Wildman–Crippen MR) is 137 cm³/mol. The molecular weight excluding hydrogens is 400 g/mol. The Labute approximate surface area is 195 Å². The minimum atomic E-state index is -0.188. The van der Waals surface area contributed by atoms with E-state index in [0.29, 0.717) is 5.70 Å². The molecule has 0 bridgehead atoms. The van der Waals surface area contributed by atoms with Crippen molar-refractivity contribution in [1.29, 1.82) is 0 Å². The second kappa shape index (κ2) is 12.5. The molecule has 0 radical (unpaired) electrons. The van der Waals surface area contributed by atoms with Gasteiger partial charge in [-0.15, -0.1) is 0 Å². The number of allylic oxidation sites excluding steroid dienone is 2. The summed E-state index contributed by atoms with van der Waals surface area (Å²) < 4.78 is 0. The second-order valence-corrected chi connectivity index (χ2v) is 9.39. The van der Waals surface area contributed by atoms with Crippen molar-refractivity contribution in [2.75, 3.05) is 27.2 Å². The fraction of sp³-hybridized carbons (Fsp3) is 0.640. The summed E-state index contributed by atoms with van der Waals surface area (Å²) >= 11 is 0. The van der Waals surface area contributed by atoms with Crippen LogP contribution < -0.4 is 10.6 Å². The first kappa shape index (κ1) is 27.5. The number of amides is 1. The fourth-order valence-electron chi connectivity index (χ4n) is 3.08. The first-order valence-corrected chi connectivity index (χ1v) is 11.6. The normalized spacial score (nSPS) is 18.2. The van der Waals surface area contributed by atoms with Crippen molar-refractivity contribution in [3.05, 3.63) is 35.3 Å². The number of rotatable bonds is 10. The second-order valence-electron chi connectivity index (χ2n) is 9.39. The van der Waals surface area contributed by atoms with Crippen molar-refractivity contribution in [2.45, 2.75) is 74.4 Å². The monoisotopic (exact) mass is 444 g/mol. The zero-order chi connectivity index (χ0) is 24.5. The number of carbonyl (C=O) groups excluding carboxylic acids is 1. The van der Waals surface area contributed by atoms with Crippen LogP contribution in [0.4, 0.5) is 0 Å². The molecule has 1 heterocycles. The van der Waals surface area contributed by atoms with E-state index in [1.807, 2.05) is 53.1 Å². The van der Waals surface area contributed by atoms with Crippen LogP contribution in [-0.2, 0) is 4.79 Å². The molecule has 0 aliphatic carbocycles. The summed E-state index contributed by atoms with van der Waals surface area (Å²) in [6.07, 6.45) is 7.75. The van der Waals surface area contributed by atoms with Crippen LogP contribution in [0.25, 0.3) is 0 Å². The van der Waals surface area contributed by atoms with Gasteiger partial charge in [-0.05, 0) is 45.3 Å². The molecule has 0 aromatic rings. The summed E-state index contributed by atoms with van der Waals surface area (Å²) in [4.78, 5) is 16.9. The summed E-state index contributed by atoms with van der Waals surface area (Å²) in [6.45, 7) is 18.1. The minimum absolute atomic E-state index is 0.000123. The lowest BCUT2D eigenvalue weighted by atomic mass is 9.91. The molecule has 0 saturated heterocycles. The maximum atomic E-state index is 13.1. The van der Waals surface area contributed by atoms with Crippen molar-refractivity contribution >= 4 is 17.3 Å². The Morgan fingerprint density at radius 1 is 1.03 bits per heavy atom. The van der Waals surface area contributed by atoms with Gasteiger partial charge in [0.15, 0.2) is 0 Å². The number of carbonyl (C=O) groups is 1. The van der Waals surface area contributed by atoms with E-state index in [-0.39, 0.29) is 17.5 Å². The molecule has 7 nitrogen and oxygen atoms in total. The molecule has 0 spiro atoms. The average molecular weight is 445 g/mol. The smallest absolute Gasteiger partial charge is 0.273 e. The molecule has 180 valence electrons. The third-order valence-electron chi connectivity index (χ3n) is 5.49. The van der Waals surface area contributed by atoms with Crippen LogP contribution in [0.3, 0.4) is 0 Å². The molecule has 0 saturated carbocycles. The highest BCUT2D eigenvalue weighted by Crippen LogP contribution is 2.19. The molecule has 1 atom stereocenters. The van der Waals surface area contributed by atoms with Crippen LogP contribution in [0.15, 0.2) is 45.5 Å². The molecule has 7 heteroatoms. The van der Waals surface area contributed by atoms with E-state index in [2.05, 4.69) is 60.4 Å². The first-order chi connectivity index (χ1) is 15.0. The number of hydrogen-bond donors (Lipinski definition) is 2. The summed E-state index contributed by atoms with van der Waals surface area (Å²) in [5.74, 6) is 0.845. The molecule has 1 unspecified atom stereocenters. The third-order valence-corrected chi connectivity index (χ3v) is 5.49. The van der Waals surface area contributed by atoms with Gasteiger partial charge in [0.2, 0.25) is 0 Å². The van der Waals surface area contributed by atoms with E-state index in [1.165, 1.54) is 0 Å². The minimum Gasteiger partial charge on any atom is -0.360 e. The highest BCUT2D eigenvalue weighted by molar-refractivity contribution is 5.95. The lowest BCUT2D eigenvalue weighted by Crippen LogP contribution is -2.38. The van der Waals surface area contributed by atoms with E-state index in [0.717, 1.165) is 48.7 Å². The maximum absolute atomic E-state index is 13.1. The van der Waals surface area contributed by atoms with Crippen LogP contribution in [0.2, 0.25) is 0 Å². The van der Waals surface area contributed by atoms with Crippen LogP contribution in [-0.4, -0.2) is 60.5 Å². The van der Waals surface area contributed by atoms with E-state index in [4.69, 9.17) is 0 Å². The van der Waals surface area contributed by atoms with Crippen LogP contribution in [0, 0.1) is 5.41 Å². The van der Waals surface area contributed by atoms with Crippen molar-refractivity contribution in [1.82, 2.24) is 20.4 Å². The van der Waals surface area contributed by atoms with Crippen LogP contribution in [0.1, 0.15) is 68.2 Å². The zero-order valence-corrected chi connectivity index (χ0v) is 21.8. The SMILES string of the molecule is C\C=C(/C=C\C(C)=N\N=C(/C)C(C)(C)C)C1NC(C(=O)N(C)CCC)=C(N(C)CCC)N1. The third kappa shape index (κ3) is 7.84. The Morgan fingerprint density at radius 3 is 2.19 bits per heavy atom. The number of nitrogens with zero attached hydrogens (tertiary/aromatic N) is 4. The molecule has 1 aliphatic heterocycles. The molecule has 32 heavy (non-hydrogen) atoms. The summed E-state index contributed by atoms with van der Waals surface area (Å²) in [6, 6.07) is 0. The van der Waals surface area contributed by atoms with Gasteiger partial charge in [0.25, 0.3) is 5.91 Å². The summed E-state index contributed by atoms with van der Waals surface area (Å²) in [5, 5.41) is 15.6. The summed E-state index contributed by atoms with van der Waals surface area (Å²) in [5.41, 5.74) is 3.45. The number of hydrogen-bond acceptors (Lipinski definition) is 6. The molecular formula is C25H44N6O. The van der Waals surface area contributed by atoms with E-state index in [1.54, 1.807) is 4.90 Å². The van der Waals surface area contributed by atoms with Gasteiger partial charge in [0, 0.05) is 38.3 Å². The van der Waals surface area contributed by atoms with Crippen molar-refractivity contribution in [3.63, 3.8) is 0 Å². The molecule has 1 aliphatic rings. The average Bonchev–Trinajstić information content (AvgIpc) is 3.16. The van der Waals surface area contributed by atoms with Crippen LogP contribution in [0.5, 0.6) is 0 Å². The van der Waals surface area contributed by atoms with Gasteiger partial charge in [-0.25, -0.2) is 0 Å². The molecule has 1 amide bonds. The van der Waals surface area contributed by atoms with Crippen LogP contribution >= 0.6 is 0 Å². The highest BCUT2D eigenvalue weighted by atomic mass is 16.2. The molecule has 0 aromatic carbocycles. The largest absolute Gasteiger partial charge is 0.360 e. The van der Waals surface area contributed by atoms with Gasteiger partial charge in [0.1, 0.15) is 17.7 Å².